The summed E-state index contributed by atoms with van der Waals surface area (Å²) in [5.74, 6) is 0.476. The van der Waals surface area contributed by atoms with Gasteiger partial charge in [0.2, 0.25) is 5.91 Å². The molecule has 1 rings (SSSR count). The van der Waals surface area contributed by atoms with E-state index in [1.165, 1.54) is 12.2 Å². The standard InChI is InChI=1S/C9H15NO2/c1-10(12-2)9(11)7-8-5-3-4-6-8/h3,5,8H,4,6-7H2,1-2H3. The SMILES string of the molecule is CON(C)C(=O)CC1C=CCC1. The quantitative estimate of drug-likeness (QED) is 0.471. The summed E-state index contributed by atoms with van der Waals surface area (Å²) in [6, 6.07) is 0. The Bertz CT molecular complexity index is 189. The summed E-state index contributed by atoms with van der Waals surface area (Å²) in [6.45, 7) is 0. The van der Waals surface area contributed by atoms with Gasteiger partial charge in [0.15, 0.2) is 0 Å². The number of hydrogen-bond acceptors (Lipinski definition) is 2. The molecule has 0 bridgehead atoms. The highest BCUT2D eigenvalue weighted by Crippen LogP contribution is 2.20. The molecule has 0 aromatic rings. The topological polar surface area (TPSA) is 29.5 Å². The van der Waals surface area contributed by atoms with E-state index >= 15 is 0 Å². The van der Waals surface area contributed by atoms with Crippen molar-refractivity contribution in [3.63, 3.8) is 0 Å². The first-order valence-corrected chi connectivity index (χ1v) is 4.21. The van der Waals surface area contributed by atoms with E-state index < -0.39 is 0 Å². The van der Waals surface area contributed by atoms with Gasteiger partial charge in [0, 0.05) is 13.5 Å². The van der Waals surface area contributed by atoms with Gasteiger partial charge in [0.1, 0.15) is 0 Å². The highest BCUT2D eigenvalue weighted by molar-refractivity contribution is 5.75. The Labute approximate surface area is 73.0 Å². The van der Waals surface area contributed by atoms with Gasteiger partial charge in [-0.3, -0.25) is 9.63 Å². The van der Waals surface area contributed by atoms with Crippen molar-refractivity contribution in [3.8, 4) is 0 Å². The molecule has 1 aliphatic carbocycles. The zero-order valence-corrected chi connectivity index (χ0v) is 7.62. The molecule has 0 aromatic carbocycles. The number of rotatable bonds is 3. The van der Waals surface area contributed by atoms with E-state index in [1.807, 2.05) is 0 Å². The fourth-order valence-electron chi connectivity index (χ4n) is 1.32. The average molecular weight is 169 g/mol. The average Bonchev–Trinajstić information content (AvgIpc) is 2.55. The number of carbonyl (C=O) groups is 1. The lowest BCUT2D eigenvalue weighted by molar-refractivity contribution is -0.169. The van der Waals surface area contributed by atoms with Crippen LogP contribution in [0, 0.1) is 5.92 Å². The molecule has 0 saturated carbocycles. The van der Waals surface area contributed by atoms with E-state index in [9.17, 15) is 4.79 Å². The van der Waals surface area contributed by atoms with Gasteiger partial charge < -0.3 is 0 Å². The molecule has 1 amide bonds. The van der Waals surface area contributed by atoms with Crippen molar-refractivity contribution >= 4 is 5.91 Å². The maximum atomic E-state index is 11.3. The van der Waals surface area contributed by atoms with E-state index in [-0.39, 0.29) is 5.91 Å². The van der Waals surface area contributed by atoms with Gasteiger partial charge in [-0.25, -0.2) is 5.06 Å². The van der Waals surface area contributed by atoms with Crippen LogP contribution in [0.5, 0.6) is 0 Å². The fraction of sp³-hybridized carbons (Fsp3) is 0.667. The van der Waals surface area contributed by atoms with Gasteiger partial charge in [0.05, 0.1) is 7.11 Å². The van der Waals surface area contributed by atoms with Crippen molar-refractivity contribution in [3.05, 3.63) is 12.2 Å². The largest absolute Gasteiger partial charge is 0.275 e. The van der Waals surface area contributed by atoms with Crippen molar-refractivity contribution in [1.29, 1.82) is 0 Å². The van der Waals surface area contributed by atoms with Crippen LogP contribution in [0.3, 0.4) is 0 Å². The zero-order chi connectivity index (χ0) is 8.97. The molecule has 0 fully saturated rings. The third kappa shape index (κ3) is 2.34. The Hall–Kier alpha value is -0.830. The molecule has 3 nitrogen and oxygen atoms in total. The molecule has 1 unspecified atom stereocenters. The van der Waals surface area contributed by atoms with Gasteiger partial charge in [0.25, 0.3) is 0 Å². The second kappa shape index (κ2) is 4.26. The lowest BCUT2D eigenvalue weighted by Gasteiger charge is -2.15. The molecule has 0 radical (unpaired) electrons. The van der Waals surface area contributed by atoms with Crippen molar-refractivity contribution < 1.29 is 9.63 Å². The first-order chi connectivity index (χ1) is 5.74. The molecule has 68 valence electrons. The Morgan fingerprint density at radius 3 is 3.00 bits per heavy atom. The molecule has 0 spiro atoms. The van der Waals surface area contributed by atoms with Crippen LogP contribution in [0.25, 0.3) is 0 Å². The van der Waals surface area contributed by atoms with E-state index in [1.54, 1.807) is 7.05 Å². The molecular formula is C9H15NO2. The minimum Gasteiger partial charge on any atom is -0.275 e. The first-order valence-electron chi connectivity index (χ1n) is 4.21. The van der Waals surface area contributed by atoms with Crippen LogP contribution in [0.15, 0.2) is 12.2 Å². The van der Waals surface area contributed by atoms with E-state index in [2.05, 4.69) is 12.2 Å². The highest BCUT2D eigenvalue weighted by atomic mass is 16.7. The summed E-state index contributed by atoms with van der Waals surface area (Å²) >= 11 is 0. The predicted octanol–water partition coefficient (Wildman–Crippen LogP) is 1.36. The number of nitrogens with zero attached hydrogens (tertiary/aromatic N) is 1. The number of hydrogen-bond donors (Lipinski definition) is 0. The first kappa shape index (κ1) is 9.26. The summed E-state index contributed by atoms with van der Waals surface area (Å²) in [5, 5.41) is 1.28. The second-order valence-corrected chi connectivity index (χ2v) is 3.04. The fourth-order valence-corrected chi connectivity index (χ4v) is 1.32. The van der Waals surface area contributed by atoms with Crippen LogP contribution in [-0.4, -0.2) is 25.1 Å². The third-order valence-electron chi connectivity index (χ3n) is 2.17. The van der Waals surface area contributed by atoms with Crippen molar-refractivity contribution in [1.82, 2.24) is 5.06 Å². The summed E-state index contributed by atoms with van der Waals surface area (Å²) < 4.78 is 0. The Kier molecular flexibility index (Phi) is 3.29. The monoisotopic (exact) mass is 169 g/mol. The van der Waals surface area contributed by atoms with E-state index in [0.29, 0.717) is 12.3 Å². The van der Waals surface area contributed by atoms with Gasteiger partial charge in [-0.1, -0.05) is 12.2 Å². The Morgan fingerprint density at radius 1 is 1.75 bits per heavy atom. The summed E-state index contributed by atoms with van der Waals surface area (Å²) in [6.07, 6.45) is 7.02. The molecule has 12 heavy (non-hydrogen) atoms. The van der Waals surface area contributed by atoms with Crippen LogP contribution in [0.1, 0.15) is 19.3 Å². The Morgan fingerprint density at radius 2 is 2.50 bits per heavy atom. The van der Waals surface area contributed by atoms with E-state index in [0.717, 1.165) is 12.8 Å². The normalized spacial score (nSPS) is 21.3. The number of amides is 1. The van der Waals surface area contributed by atoms with Gasteiger partial charge in [-0.2, -0.15) is 0 Å². The maximum Gasteiger partial charge on any atom is 0.246 e. The third-order valence-corrected chi connectivity index (χ3v) is 2.17. The van der Waals surface area contributed by atoms with Gasteiger partial charge >= 0.3 is 0 Å². The van der Waals surface area contributed by atoms with Crippen LogP contribution in [0.4, 0.5) is 0 Å². The predicted molar refractivity (Wildman–Crippen MR) is 46.3 cm³/mol. The maximum absolute atomic E-state index is 11.3. The molecule has 1 aliphatic rings. The molecule has 0 aliphatic heterocycles. The molecule has 0 heterocycles. The van der Waals surface area contributed by atoms with Crippen LogP contribution in [0.2, 0.25) is 0 Å². The number of carbonyl (C=O) groups excluding carboxylic acids is 1. The summed E-state index contributed by atoms with van der Waals surface area (Å²) in [7, 11) is 3.14. The second-order valence-electron chi connectivity index (χ2n) is 3.04. The van der Waals surface area contributed by atoms with Gasteiger partial charge in [-0.05, 0) is 18.8 Å². The van der Waals surface area contributed by atoms with Crippen molar-refractivity contribution in [2.24, 2.45) is 5.92 Å². The summed E-state index contributed by atoms with van der Waals surface area (Å²) in [4.78, 5) is 16.1. The molecule has 0 aromatic heterocycles. The smallest absolute Gasteiger partial charge is 0.246 e. The minimum absolute atomic E-state index is 0.0500. The molecular weight excluding hydrogens is 154 g/mol. The van der Waals surface area contributed by atoms with E-state index in [4.69, 9.17) is 4.84 Å². The molecule has 3 heteroatoms. The zero-order valence-electron chi connectivity index (χ0n) is 7.62. The molecule has 1 atom stereocenters. The van der Waals surface area contributed by atoms with Crippen molar-refractivity contribution in [2.45, 2.75) is 19.3 Å². The molecule has 0 N–H and O–H groups in total. The van der Waals surface area contributed by atoms with Crippen LogP contribution < -0.4 is 0 Å². The Balaban J connectivity index is 2.30. The number of hydroxylamine groups is 2. The van der Waals surface area contributed by atoms with Crippen LogP contribution >= 0.6 is 0 Å². The van der Waals surface area contributed by atoms with Gasteiger partial charge in [-0.15, -0.1) is 0 Å². The number of allylic oxidation sites excluding steroid dienone is 2. The summed E-state index contributed by atoms with van der Waals surface area (Å²) in [5.41, 5.74) is 0. The van der Waals surface area contributed by atoms with Crippen molar-refractivity contribution in [2.75, 3.05) is 14.2 Å². The lowest BCUT2D eigenvalue weighted by Crippen LogP contribution is -2.26. The lowest BCUT2D eigenvalue weighted by atomic mass is 10.1. The minimum atomic E-state index is 0.0500. The van der Waals surface area contributed by atoms with Crippen LogP contribution in [-0.2, 0) is 9.63 Å². The molecule has 0 saturated heterocycles. The highest BCUT2D eigenvalue weighted by Gasteiger charge is 2.16.